The molecule has 3 atom stereocenters. The fourth-order valence-electron chi connectivity index (χ4n) is 5.29. The third-order valence-corrected chi connectivity index (χ3v) is 7.20. The summed E-state index contributed by atoms with van der Waals surface area (Å²) in [4.78, 5) is 17.8. The van der Waals surface area contributed by atoms with Gasteiger partial charge in [0.1, 0.15) is 17.9 Å². The number of hydrogen-bond acceptors (Lipinski definition) is 5. The van der Waals surface area contributed by atoms with E-state index in [0.717, 1.165) is 57.4 Å². The van der Waals surface area contributed by atoms with Gasteiger partial charge in [0, 0.05) is 68.4 Å². The van der Waals surface area contributed by atoms with E-state index in [-0.39, 0.29) is 24.1 Å². The van der Waals surface area contributed by atoms with Crippen molar-refractivity contribution in [1.29, 1.82) is 5.26 Å². The van der Waals surface area contributed by atoms with Gasteiger partial charge in [-0.25, -0.2) is 0 Å². The van der Waals surface area contributed by atoms with E-state index in [1.54, 1.807) is 18.2 Å². The Balaban J connectivity index is 1.24. The fraction of sp³-hybridized carbons (Fsp3) is 0.440. The Bertz CT molecular complexity index is 1020. The number of anilines is 1. The van der Waals surface area contributed by atoms with E-state index >= 15 is 0 Å². The molecule has 3 aliphatic rings. The lowest BCUT2D eigenvalue weighted by molar-refractivity contribution is 0.0359. The molecule has 3 fully saturated rings. The predicted molar refractivity (Wildman–Crippen MR) is 124 cm³/mol. The van der Waals surface area contributed by atoms with Crippen LogP contribution in [0.15, 0.2) is 42.5 Å². The van der Waals surface area contributed by atoms with Crippen molar-refractivity contribution in [2.75, 3.05) is 31.1 Å². The van der Waals surface area contributed by atoms with Gasteiger partial charge in [0.2, 0.25) is 0 Å². The molecule has 3 saturated heterocycles. The zero-order valence-electron chi connectivity index (χ0n) is 18.0. The normalized spacial score (nSPS) is 24.8. The van der Waals surface area contributed by atoms with Gasteiger partial charge < -0.3 is 19.9 Å². The molecule has 2 aromatic carbocycles. The molecule has 0 spiro atoms. The first kappa shape index (κ1) is 21.1. The maximum absolute atomic E-state index is 13.3. The van der Waals surface area contributed by atoms with E-state index in [2.05, 4.69) is 33.3 Å². The van der Waals surface area contributed by atoms with Crippen LogP contribution in [0.25, 0.3) is 0 Å². The number of piperazine rings is 1. The van der Waals surface area contributed by atoms with E-state index in [1.807, 2.05) is 12.1 Å². The molecule has 3 aliphatic heterocycles. The second-order valence-corrected chi connectivity index (χ2v) is 9.25. The average Bonchev–Trinajstić information content (AvgIpc) is 3.09. The number of nitriles is 1. The molecule has 32 heavy (non-hydrogen) atoms. The van der Waals surface area contributed by atoms with Crippen molar-refractivity contribution in [3.8, 4) is 11.8 Å². The lowest BCUT2D eigenvalue weighted by Crippen LogP contribution is -2.49. The Morgan fingerprint density at radius 1 is 1.06 bits per heavy atom. The molecular weight excluding hydrogens is 424 g/mol. The standard InChI is InChI=1S/C25H27ClN4O2/c26-24-15-22(8-3-18(24)16-27)32-23-13-20-6-7-21(14-23)30(20)25(31)17-1-4-19(5-2-17)29-11-9-28-10-12-29/h1-5,8,15,20-21,23,28H,6-7,9-14H2/t20-,21+,23+. The molecule has 0 aromatic heterocycles. The quantitative estimate of drug-likeness (QED) is 0.766. The van der Waals surface area contributed by atoms with Gasteiger partial charge in [0.15, 0.2) is 0 Å². The molecule has 0 unspecified atom stereocenters. The highest BCUT2D eigenvalue weighted by atomic mass is 35.5. The minimum atomic E-state index is 0.0515. The van der Waals surface area contributed by atoms with Gasteiger partial charge in [-0.3, -0.25) is 4.79 Å². The molecule has 3 heterocycles. The number of halogens is 1. The first-order valence-corrected chi connectivity index (χ1v) is 11.7. The number of benzene rings is 2. The summed E-state index contributed by atoms with van der Waals surface area (Å²) >= 11 is 6.15. The Hall–Kier alpha value is -2.75. The lowest BCUT2D eigenvalue weighted by Gasteiger charge is -2.39. The van der Waals surface area contributed by atoms with Crippen molar-refractivity contribution in [2.24, 2.45) is 0 Å². The SMILES string of the molecule is N#Cc1ccc(O[C@H]2C[C@H]3CC[C@@H](C2)N3C(=O)c2ccc(N3CCNCC3)cc2)cc1Cl. The zero-order chi connectivity index (χ0) is 22.1. The number of rotatable bonds is 4. The average molecular weight is 451 g/mol. The van der Waals surface area contributed by atoms with Gasteiger partial charge in [0.05, 0.1) is 10.6 Å². The van der Waals surface area contributed by atoms with Gasteiger partial charge >= 0.3 is 0 Å². The second kappa shape index (κ2) is 9.01. The summed E-state index contributed by atoms with van der Waals surface area (Å²) in [7, 11) is 0. The number of carbonyl (C=O) groups is 1. The topological polar surface area (TPSA) is 68.6 Å². The van der Waals surface area contributed by atoms with Crippen LogP contribution in [-0.4, -0.2) is 55.2 Å². The van der Waals surface area contributed by atoms with Crippen LogP contribution in [-0.2, 0) is 0 Å². The summed E-state index contributed by atoms with van der Waals surface area (Å²) in [6.45, 7) is 3.98. The number of ether oxygens (including phenoxy) is 1. The highest BCUT2D eigenvalue weighted by Gasteiger charge is 2.44. The Morgan fingerprint density at radius 2 is 1.75 bits per heavy atom. The van der Waals surface area contributed by atoms with Gasteiger partial charge in [-0.1, -0.05) is 11.6 Å². The van der Waals surface area contributed by atoms with Crippen LogP contribution in [0.2, 0.25) is 5.02 Å². The molecule has 0 saturated carbocycles. The first-order chi connectivity index (χ1) is 15.6. The third kappa shape index (κ3) is 4.15. The second-order valence-electron chi connectivity index (χ2n) is 8.85. The van der Waals surface area contributed by atoms with Crippen molar-refractivity contribution < 1.29 is 9.53 Å². The molecule has 5 rings (SSSR count). The van der Waals surface area contributed by atoms with Crippen LogP contribution in [0.4, 0.5) is 5.69 Å². The molecule has 6 nitrogen and oxygen atoms in total. The fourth-order valence-corrected chi connectivity index (χ4v) is 5.51. The van der Waals surface area contributed by atoms with E-state index in [9.17, 15) is 4.79 Å². The zero-order valence-corrected chi connectivity index (χ0v) is 18.7. The van der Waals surface area contributed by atoms with Crippen molar-refractivity contribution in [3.05, 3.63) is 58.6 Å². The van der Waals surface area contributed by atoms with Crippen LogP contribution in [0.3, 0.4) is 0 Å². The molecular formula is C25H27ClN4O2. The minimum absolute atomic E-state index is 0.0515. The van der Waals surface area contributed by atoms with Crippen molar-refractivity contribution in [3.63, 3.8) is 0 Å². The maximum Gasteiger partial charge on any atom is 0.254 e. The summed E-state index contributed by atoms with van der Waals surface area (Å²) in [6, 6.07) is 15.8. The molecule has 7 heteroatoms. The maximum atomic E-state index is 13.3. The molecule has 0 radical (unpaired) electrons. The van der Waals surface area contributed by atoms with Crippen LogP contribution >= 0.6 is 11.6 Å². The van der Waals surface area contributed by atoms with Crippen molar-refractivity contribution >= 4 is 23.2 Å². The number of nitrogens with zero attached hydrogens (tertiary/aromatic N) is 3. The van der Waals surface area contributed by atoms with Gasteiger partial charge in [0.25, 0.3) is 5.91 Å². The summed E-state index contributed by atoms with van der Waals surface area (Å²) in [5, 5.41) is 12.8. The highest BCUT2D eigenvalue weighted by Crippen LogP contribution is 2.38. The molecule has 2 bridgehead atoms. The number of fused-ring (bicyclic) bond motifs is 2. The van der Waals surface area contributed by atoms with Gasteiger partial charge in [-0.2, -0.15) is 5.26 Å². The van der Waals surface area contributed by atoms with E-state index in [1.165, 1.54) is 5.69 Å². The van der Waals surface area contributed by atoms with Crippen molar-refractivity contribution in [2.45, 2.75) is 43.9 Å². The van der Waals surface area contributed by atoms with E-state index < -0.39 is 0 Å². The monoisotopic (exact) mass is 450 g/mol. The van der Waals surface area contributed by atoms with E-state index in [0.29, 0.717) is 16.3 Å². The first-order valence-electron chi connectivity index (χ1n) is 11.4. The van der Waals surface area contributed by atoms with Crippen LogP contribution < -0.4 is 15.0 Å². The number of amides is 1. The lowest BCUT2D eigenvalue weighted by atomic mass is 9.98. The summed E-state index contributed by atoms with van der Waals surface area (Å²) < 4.78 is 6.19. The van der Waals surface area contributed by atoms with Gasteiger partial charge in [-0.15, -0.1) is 0 Å². The van der Waals surface area contributed by atoms with Crippen LogP contribution in [0, 0.1) is 11.3 Å². The molecule has 1 N–H and O–H groups in total. The Labute approximate surface area is 193 Å². The number of carbonyl (C=O) groups excluding carboxylic acids is 1. The minimum Gasteiger partial charge on any atom is -0.490 e. The Kier molecular flexibility index (Phi) is 5.95. The summed E-state index contributed by atoms with van der Waals surface area (Å²) in [5.74, 6) is 0.811. The Morgan fingerprint density at radius 3 is 2.38 bits per heavy atom. The molecule has 0 aliphatic carbocycles. The summed E-state index contributed by atoms with van der Waals surface area (Å²) in [6.07, 6.45) is 3.72. The molecule has 166 valence electrons. The van der Waals surface area contributed by atoms with Crippen molar-refractivity contribution in [1.82, 2.24) is 10.2 Å². The highest BCUT2D eigenvalue weighted by molar-refractivity contribution is 6.31. The number of nitrogens with one attached hydrogen (secondary N) is 1. The largest absolute Gasteiger partial charge is 0.490 e. The van der Waals surface area contributed by atoms with Gasteiger partial charge in [-0.05, 0) is 49.2 Å². The smallest absolute Gasteiger partial charge is 0.254 e. The predicted octanol–water partition coefficient (Wildman–Crippen LogP) is 3.84. The third-order valence-electron chi connectivity index (χ3n) is 6.88. The van der Waals surface area contributed by atoms with Crippen LogP contribution in [0.1, 0.15) is 41.6 Å². The number of hydrogen-bond donors (Lipinski definition) is 1. The van der Waals surface area contributed by atoms with E-state index in [4.69, 9.17) is 21.6 Å². The summed E-state index contributed by atoms with van der Waals surface area (Å²) in [5.41, 5.74) is 2.39. The number of piperidine rings is 1. The molecule has 2 aromatic rings. The molecule has 1 amide bonds. The van der Waals surface area contributed by atoms with Crippen LogP contribution in [0.5, 0.6) is 5.75 Å².